The van der Waals surface area contributed by atoms with Gasteiger partial charge in [-0.05, 0) is 5.04 Å². The maximum atomic E-state index is 2.34. The third-order valence-electron chi connectivity index (χ3n) is 1.000. The van der Waals surface area contributed by atoms with Crippen LogP contribution in [-0.2, 0) is 0 Å². The van der Waals surface area contributed by atoms with Gasteiger partial charge in [-0.1, -0.05) is 33.6 Å². The Morgan fingerprint density at radius 2 is 1.75 bits per heavy atom. The van der Waals surface area contributed by atoms with Crippen molar-refractivity contribution in [3.63, 3.8) is 0 Å². The van der Waals surface area contributed by atoms with Crippen LogP contribution < -0.4 is 0 Å². The zero-order chi connectivity index (χ0) is 5.91. The molecule has 0 radical (unpaired) electrons. The third kappa shape index (κ3) is 9.71. The maximum Gasteiger partial charge on any atom is 0.00994 e. The fourth-order valence-corrected chi connectivity index (χ4v) is 1.25. The number of hydrogen-bond donors (Lipinski definition) is 0. The lowest BCUT2D eigenvalue weighted by molar-refractivity contribution is 0.601. The summed E-state index contributed by atoms with van der Waals surface area (Å²) in [7, 11) is 1.34. The lowest BCUT2D eigenvalue weighted by atomic mass is 10.1. The number of hydrogen-bond acceptors (Lipinski definition) is 0. The van der Waals surface area contributed by atoms with Crippen molar-refractivity contribution in [1.29, 1.82) is 0 Å². The molecule has 0 bridgehead atoms. The van der Waals surface area contributed by atoms with Crippen molar-refractivity contribution in [1.82, 2.24) is 0 Å². The van der Waals surface area contributed by atoms with Crippen LogP contribution in [0.4, 0.5) is 0 Å². The standard InChI is InChI=1S/C6H16Si.ClH/c1-4-5-6(2,3)7;/h4-5H2,1-3,7H3;1H. The second-order valence-electron chi connectivity index (χ2n) is 3.31. The lowest BCUT2D eigenvalue weighted by Gasteiger charge is -2.15. The Bertz CT molecular complexity index is 47.0. The molecule has 0 fully saturated rings. The van der Waals surface area contributed by atoms with E-state index < -0.39 is 0 Å². The summed E-state index contributed by atoms with van der Waals surface area (Å²) in [6.45, 7) is 6.92. The predicted molar refractivity (Wildman–Crippen MR) is 46.1 cm³/mol. The van der Waals surface area contributed by atoms with Crippen molar-refractivity contribution in [3.05, 3.63) is 0 Å². The smallest absolute Gasteiger partial charge is 0.00994 e. The highest BCUT2D eigenvalue weighted by Crippen LogP contribution is 2.24. The monoisotopic (exact) mass is 152 g/mol. The molecule has 0 aromatic rings. The van der Waals surface area contributed by atoms with Crippen molar-refractivity contribution in [3.8, 4) is 0 Å². The van der Waals surface area contributed by atoms with E-state index in [0.717, 1.165) is 0 Å². The van der Waals surface area contributed by atoms with E-state index in [1.165, 1.54) is 23.1 Å². The van der Waals surface area contributed by atoms with Gasteiger partial charge in [0.25, 0.3) is 0 Å². The first-order chi connectivity index (χ1) is 3.06. The number of halogens is 1. The summed E-state index contributed by atoms with van der Waals surface area (Å²) in [6, 6.07) is 0. The minimum Gasteiger partial charge on any atom is -0.147 e. The molecular formula is C6H17ClSi. The molecule has 2 heteroatoms. The Labute approximate surface area is 61.9 Å². The van der Waals surface area contributed by atoms with Gasteiger partial charge >= 0.3 is 0 Å². The van der Waals surface area contributed by atoms with E-state index in [9.17, 15) is 0 Å². The molecule has 0 aromatic carbocycles. The second kappa shape index (κ2) is 4.39. The van der Waals surface area contributed by atoms with Crippen LogP contribution in [0.25, 0.3) is 0 Å². The van der Waals surface area contributed by atoms with E-state index in [4.69, 9.17) is 0 Å². The molecule has 0 spiro atoms. The molecule has 0 aliphatic rings. The molecule has 0 aromatic heterocycles. The largest absolute Gasteiger partial charge is 0.147 e. The molecule has 0 N–H and O–H groups in total. The Balaban J connectivity index is 0. The fourth-order valence-electron chi connectivity index (χ4n) is 0.750. The minimum atomic E-state index is 0. The van der Waals surface area contributed by atoms with E-state index in [2.05, 4.69) is 20.8 Å². The summed E-state index contributed by atoms with van der Waals surface area (Å²) in [5.74, 6) is 0. The molecule has 8 heavy (non-hydrogen) atoms. The zero-order valence-electron chi connectivity index (χ0n) is 6.32. The summed E-state index contributed by atoms with van der Waals surface area (Å²) >= 11 is 0. The van der Waals surface area contributed by atoms with Gasteiger partial charge < -0.3 is 0 Å². The predicted octanol–water partition coefficient (Wildman–Crippen LogP) is 1.77. The molecule has 0 saturated carbocycles. The summed E-state index contributed by atoms with van der Waals surface area (Å²) in [5, 5.41) is 0.689. The fraction of sp³-hybridized carbons (Fsp3) is 1.00. The molecular weight excluding hydrogens is 136 g/mol. The lowest BCUT2D eigenvalue weighted by Crippen LogP contribution is -1.99. The van der Waals surface area contributed by atoms with E-state index in [0.29, 0.717) is 5.04 Å². The van der Waals surface area contributed by atoms with Gasteiger partial charge in [0.1, 0.15) is 0 Å². The molecule has 0 rings (SSSR count). The highest BCUT2D eigenvalue weighted by molar-refractivity contribution is 6.14. The molecule has 0 amide bonds. The maximum absolute atomic E-state index is 2.34. The molecule has 0 aliphatic carbocycles. The Morgan fingerprint density at radius 3 is 1.75 bits per heavy atom. The molecule has 0 heterocycles. The highest BCUT2D eigenvalue weighted by atomic mass is 35.5. The Morgan fingerprint density at radius 1 is 1.38 bits per heavy atom. The van der Waals surface area contributed by atoms with E-state index in [1.54, 1.807) is 0 Å². The van der Waals surface area contributed by atoms with Crippen LogP contribution in [0.3, 0.4) is 0 Å². The average molecular weight is 153 g/mol. The van der Waals surface area contributed by atoms with Crippen LogP contribution in [0, 0.1) is 0 Å². The number of rotatable bonds is 2. The average Bonchev–Trinajstić information content (AvgIpc) is 1.30. The van der Waals surface area contributed by atoms with Gasteiger partial charge in [-0.3, -0.25) is 0 Å². The Hall–Kier alpha value is 0.507. The summed E-state index contributed by atoms with van der Waals surface area (Å²) in [5.41, 5.74) is 0. The molecule has 0 atom stereocenters. The van der Waals surface area contributed by atoms with Crippen molar-refractivity contribution in [2.24, 2.45) is 0 Å². The molecule has 0 nitrogen and oxygen atoms in total. The van der Waals surface area contributed by atoms with Crippen LogP contribution in [0.5, 0.6) is 0 Å². The van der Waals surface area contributed by atoms with Gasteiger partial charge in [0.05, 0.1) is 0 Å². The van der Waals surface area contributed by atoms with Gasteiger partial charge in [0, 0.05) is 10.2 Å². The quantitative estimate of drug-likeness (QED) is 0.530. The first kappa shape index (κ1) is 11.3. The third-order valence-corrected chi connectivity index (χ3v) is 1.50. The summed E-state index contributed by atoms with van der Waals surface area (Å²) < 4.78 is 0. The van der Waals surface area contributed by atoms with Crippen LogP contribution in [0.2, 0.25) is 5.04 Å². The van der Waals surface area contributed by atoms with Crippen molar-refractivity contribution < 1.29 is 0 Å². The van der Waals surface area contributed by atoms with E-state index in [1.807, 2.05) is 0 Å². The van der Waals surface area contributed by atoms with Crippen LogP contribution in [0.1, 0.15) is 33.6 Å². The van der Waals surface area contributed by atoms with Crippen molar-refractivity contribution in [2.45, 2.75) is 38.7 Å². The molecule has 0 saturated heterocycles. The van der Waals surface area contributed by atoms with E-state index in [-0.39, 0.29) is 12.4 Å². The highest BCUT2D eigenvalue weighted by Gasteiger charge is 2.06. The second-order valence-corrected chi connectivity index (χ2v) is 6.02. The molecule has 0 aliphatic heterocycles. The van der Waals surface area contributed by atoms with Gasteiger partial charge in [-0.25, -0.2) is 0 Å². The Kier molecular flexibility index (Phi) is 6.22. The van der Waals surface area contributed by atoms with Gasteiger partial charge in [-0.15, -0.1) is 12.4 Å². The van der Waals surface area contributed by atoms with Crippen LogP contribution in [0.15, 0.2) is 0 Å². The molecule has 52 valence electrons. The first-order valence-electron chi connectivity index (χ1n) is 3.06. The summed E-state index contributed by atoms with van der Waals surface area (Å²) in [6.07, 6.45) is 2.75. The van der Waals surface area contributed by atoms with Crippen molar-refractivity contribution >= 4 is 22.6 Å². The van der Waals surface area contributed by atoms with Gasteiger partial charge in [0.2, 0.25) is 0 Å². The SMILES string of the molecule is CCCC(C)(C)[SiH3].Cl. The van der Waals surface area contributed by atoms with Gasteiger partial charge in [0.15, 0.2) is 0 Å². The topological polar surface area (TPSA) is 0 Å². The normalized spacial score (nSPS) is 10.9. The van der Waals surface area contributed by atoms with Gasteiger partial charge in [-0.2, -0.15) is 0 Å². The summed E-state index contributed by atoms with van der Waals surface area (Å²) in [4.78, 5) is 0. The van der Waals surface area contributed by atoms with Crippen molar-refractivity contribution in [2.75, 3.05) is 0 Å². The van der Waals surface area contributed by atoms with Crippen LogP contribution in [-0.4, -0.2) is 10.2 Å². The minimum absolute atomic E-state index is 0. The first-order valence-corrected chi connectivity index (χ1v) is 4.06. The zero-order valence-corrected chi connectivity index (χ0v) is 9.14. The van der Waals surface area contributed by atoms with E-state index >= 15 is 0 Å². The molecule has 0 unspecified atom stereocenters. The van der Waals surface area contributed by atoms with Crippen LogP contribution >= 0.6 is 12.4 Å².